The highest BCUT2D eigenvalue weighted by Crippen LogP contribution is 2.35. The van der Waals surface area contributed by atoms with Gasteiger partial charge in [0.15, 0.2) is 0 Å². The first-order chi connectivity index (χ1) is 8.39. The lowest BCUT2D eigenvalue weighted by Crippen LogP contribution is -2.35. The number of nitrogens with one attached hydrogen (secondary N) is 1. The molecule has 2 rings (SSSR count). The quantitative estimate of drug-likeness (QED) is 0.911. The van der Waals surface area contributed by atoms with Gasteiger partial charge >= 0.3 is 0 Å². The highest BCUT2D eigenvalue weighted by molar-refractivity contribution is 6.30. The summed E-state index contributed by atoms with van der Waals surface area (Å²) in [4.78, 5) is 0. The van der Waals surface area contributed by atoms with Crippen LogP contribution in [0.1, 0.15) is 50.8 Å². The Kier molecular flexibility index (Phi) is 4.02. The zero-order chi connectivity index (χ0) is 13.3. The molecule has 4 heteroatoms. The SMILES string of the molecule is Cc1nn(C)c(Cl)c1CNC1CCC(C)(C)CC1. The van der Waals surface area contributed by atoms with Gasteiger partial charge in [0, 0.05) is 25.2 Å². The van der Waals surface area contributed by atoms with Crippen molar-refractivity contribution in [1.82, 2.24) is 15.1 Å². The van der Waals surface area contributed by atoms with E-state index in [0.717, 1.165) is 23.0 Å². The minimum Gasteiger partial charge on any atom is -0.310 e. The van der Waals surface area contributed by atoms with Gasteiger partial charge in [-0.05, 0) is 38.0 Å². The Balaban J connectivity index is 1.89. The number of aromatic nitrogens is 2. The summed E-state index contributed by atoms with van der Waals surface area (Å²) in [7, 11) is 1.89. The molecule has 0 bridgehead atoms. The van der Waals surface area contributed by atoms with Crippen molar-refractivity contribution in [3.63, 3.8) is 0 Å². The van der Waals surface area contributed by atoms with E-state index >= 15 is 0 Å². The molecule has 3 nitrogen and oxygen atoms in total. The lowest BCUT2D eigenvalue weighted by Gasteiger charge is -2.34. The second kappa shape index (κ2) is 5.22. The second-order valence-electron chi connectivity index (χ2n) is 6.30. The van der Waals surface area contributed by atoms with E-state index in [9.17, 15) is 0 Å². The van der Waals surface area contributed by atoms with E-state index in [1.54, 1.807) is 4.68 Å². The molecule has 0 aliphatic heterocycles. The Hall–Kier alpha value is -0.540. The molecular formula is C14H24ClN3. The summed E-state index contributed by atoms with van der Waals surface area (Å²) in [5.74, 6) is 0. The molecule has 0 amide bonds. The van der Waals surface area contributed by atoms with E-state index in [0.29, 0.717) is 11.5 Å². The summed E-state index contributed by atoms with van der Waals surface area (Å²) < 4.78 is 1.75. The van der Waals surface area contributed by atoms with Crippen LogP contribution in [0.3, 0.4) is 0 Å². The van der Waals surface area contributed by atoms with E-state index in [1.807, 2.05) is 14.0 Å². The third-order valence-electron chi connectivity index (χ3n) is 4.18. The average molecular weight is 270 g/mol. The third kappa shape index (κ3) is 3.07. The van der Waals surface area contributed by atoms with Gasteiger partial charge in [0.2, 0.25) is 0 Å². The first-order valence-corrected chi connectivity index (χ1v) is 7.18. The van der Waals surface area contributed by atoms with Gasteiger partial charge in [0.05, 0.1) is 5.69 Å². The summed E-state index contributed by atoms with van der Waals surface area (Å²) in [6.07, 6.45) is 5.16. The summed E-state index contributed by atoms with van der Waals surface area (Å²) in [5, 5.41) is 8.74. The zero-order valence-electron chi connectivity index (χ0n) is 11.9. The molecule has 1 saturated carbocycles. The molecule has 0 spiro atoms. The second-order valence-corrected chi connectivity index (χ2v) is 6.66. The van der Waals surface area contributed by atoms with Crippen molar-refractivity contribution < 1.29 is 0 Å². The van der Waals surface area contributed by atoms with Crippen LogP contribution in [0.4, 0.5) is 0 Å². The molecular weight excluding hydrogens is 246 g/mol. The summed E-state index contributed by atoms with van der Waals surface area (Å²) in [6.45, 7) is 7.59. The maximum Gasteiger partial charge on any atom is 0.131 e. The molecule has 0 aromatic carbocycles. The lowest BCUT2D eigenvalue weighted by atomic mass is 9.75. The van der Waals surface area contributed by atoms with E-state index in [4.69, 9.17) is 11.6 Å². The molecule has 0 radical (unpaired) electrons. The molecule has 1 aliphatic carbocycles. The topological polar surface area (TPSA) is 29.9 Å². The molecule has 0 unspecified atom stereocenters. The third-order valence-corrected chi connectivity index (χ3v) is 4.65. The molecule has 0 atom stereocenters. The average Bonchev–Trinajstić information content (AvgIpc) is 2.53. The van der Waals surface area contributed by atoms with Crippen molar-refractivity contribution in [2.75, 3.05) is 0 Å². The fourth-order valence-corrected chi connectivity index (χ4v) is 2.97. The van der Waals surface area contributed by atoms with Crippen molar-refractivity contribution in [2.24, 2.45) is 12.5 Å². The molecule has 1 heterocycles. The van der Waals surface area contributed by atoms with E-state index in [2.05, 4.69) is 24.3 Å². The molecule has 102 valence electrons. The fourth-order valence-electron chi connectivity index (χ4n) is 2.72. The van der Waals surface area contributed by atoms with Crippen LogP contribution in [0.25, 0.3) is 0 Å². The van der Waals surface area contributed by atoms with Crippen LogP contribution >= 0.6 is 11.6 Å². The standard InChI is InChI=1S/C14H24ClN3/c1-10-12(13(15)18(4)17-10)9-16-11-5-7-14(2,3)8-6-11/h11,16H,5-9H2,1-4H3. The number of hydrogen-bond donors (Lipinski definition) is 1. The molecule has 1 aromatic rings. The fraction of sp³-hybridized carbons (Fsp3) is 0.786. The van der Waals surface area contributed by atoms with Crippen LogP contribution in [-0.2, 0) is 13.6 Å². The number of nitrogens with zero attached hydrogens (tertiary/aromatic N) is 2. The predicted molar refractivity (Wildman–Crippen MR) is 75.8 cm³/mol. The molecule has 1 aromatic heterocycles. The molecule has 1 N–H and O–H groups in total. The minimum absolute atomic E-state index is 0.528. The van der Waals surface area contributed by atoms with Crippen LogP contribution in [0.2, 0.25) is 5.15 Å². The Morgan fingerprint density at radius 2 is 2.00 bits per heavy atom. The largest absolute Gasteiger partial charge is 0.310 e. The molecule has 18 heavy (non-hydrogen) atoms. The van der Waals surface area contributed by atoms with Crippen LogP contribution < -0.4 is 5.32 Å². The van der Waals surface area contributed by atoms with E-state index in [-0.39, 0.29) is 0 Å². The number of halogens is 1. The van der Waals surface area contributed by atoms with Gasteiger partial charge in [0.25, 0.3) is 0 Å². The van der Waals surface area contributed by atoms with Gasteiger partial charge in [-0.1, -0.05) is 25.4 Å². The van der Waals surface area contributed by atoms with Crippen molar-refractivity contribution in [3.05, 3.63) is 16.4 Å². The van der Waals surface area contributed by atoms with Crippen molar-refractivity contribution in [1.29, 1.82) is 0 Å². The number of aryl methyl sites for hydroxylation is 2. The Bertz CT molecular complexity index is 413. The number of hydrogen-bond acceptors (Lipinski definition) is 2. The normalized spacial score (nSPS) is 20.3. The summed E-state index contributed by atoms with van der Waals surface area (Å²) in [6, 6.07) is 0.633. The maximum absolute atomic E-state index is 6.24. The van der Waals surface area contributed by atoms with Gasteiger partial charge < -0.3 is 5.32 Å². The Morgan fingerprint density at radius 3 is 2.50 bits per heavy atom. The van der Waals surface area contributed by atoms with Crippen LogP contribution in [0.5, 0.6) is 0 Å². The van der Waals surface area contributed by atoms with Crippen LogP contribution in [0.15, 0.2) is 0 Å². The first kappa shape index (κ1) is 13.9. The summed E-state index contributed by atoms with van der Waals surface area (Å²) >= 11 is 6.24. The summed E-state index contributed by atoms with van der Waals surface area (Å²) in [5.41, 5.74) is 2.70. The van der Waals surface area contributed by atoms with E-state index in [1.165, 1.54) is 25.7 Å². The van der Waals surface area contributed by atoms with Crippen molar-refractivity contribution in [2.45, 2.75) is 59.0 Å². The number of rotatable bonds is 3. The molecule has 1 aliphatic rings. The molecule has 0 saturated heterocycles. The monoisotopic (exact) mass is 269 g/mol. The highest BCUT2D eigenvalue weighted by atomic mass is 35.5. The van der Waals surface area contributed by atoms with Gasteiger partial charge in [-0.3, -0.25) is 4.68 Å². The smallest absolute Gasteiger partial charge is 0.131 e. The first-order valence-electron chi connectivity index (χ1n) is 6.80. The van der Waals surface area contributed by atoms with E-state index < -0.39 is 0 Å². The van der Waals surface area contributed by atoms with Gasteiger partial charge in [0.1, 0.15) is 5.15 Å². The van der Waals surface area contributed by atoms with Gasteiger partial charge in [-0.25, -0.2) is 0 Å². The van der Waals surface area contributed by atoms with Crippen molar-refractivity contribution in [3.8, 4) is 0 Å². The predicted octanol–water partition coefficient (Wildman–Crippen LogP) is 3.44. The minimum atomic E-state index is 0.528. The zero-order valence-corrected chi connectivity index (χ0v) is 12.6. The van der Waals surface area contributed by atoms with Gasteiger partial charge in [-0.15, -0.1) is 0 Å². The Morgan fingerprint density at radius 1 is 1.39 bits per heavy atom. The van der Waals surface area contributed by atoms with Crippen LogP contribution in [0, 0.1) is 12.3 Å². The maximum atomic E-state index is 6.24. The van der Waals surface area contributed by atoms with Crippen molar-refractivity contribution >= 4 is 11.6 Å². The van der Waals surface area contributed by atoms with Gasteiger partial charge in [-0.2, -0.15) is 5.10 Å². The lowest BCUT2D eigenvalue weighted by molar-refractivity contribution is 0.206. The Labute approximate surface area is 115 Å². The molecule has 1 fully saturated rings. The highest BCUT2D eigenvalue weighted by Gasteiger charge is 2.26. The van der Waals surface area contributed by atoms with Crippen LogP contribution in [-0.4, -0.2) is 15.8 Å².